The van der Waals surface area contributed by atoms with Crippen LogP contribution in [0, 0.1) is 10.1 Å². The Kier molecular flexibility index (Phi) is 5.50. The summed E-state index contributed by atoms with van der Waals surface area (Å²) in [5, 5.41) is 11.1. The number of ether oxygens (including phenoxy) is 2. The van der Waals surface area contributed by atoms with Crippen molar-refractivity contribution in [2.75, 3.05) is 0 Å². The second-order valence-electron chi connectivity index (χ2n) is 6.32. The maximum atomic E-state index is 12.7. The number of halogens is 1. The Morgan fingerprint density at radius 2 is 1.81 bits per heavy atom. The zero-order valence-corrected chi connectivity index (χ0v) is 17.2. The lowest BCUT2D eigenvalue weighted by Crippen LogP contribution is -2.09. The number of nitro groups is 1. The van der Waals surface area contributed by atoms with Gasteiger partial charge in [-0.25, -0.2) is 4.79 Å². The third kappa shape index (κ3) is 4.31. The summed E-state index contributed by atoms with van der Waals surface area (Å²) in [5.74, 6) is -0.205. The predicted octanol–water partition coefficient (Wildman–Crippen LogP) is 5.48. The maximum Gasteiger partial charge on any atom is 0.343 e. The summed E-state index contributed by atoms with van der Waals surface area (Å²) in [4.78, 5) is 35.3. The molecule has 0 aliphatic heterocycles. The fourth-order valence-corrected chi connectivity index (χ4v) is 3.15. The fourth-order valence-electron chi connectivity index (χ4n) is 2.78. The molecule has 0 N–H and O–H groups in total. The number of esters is 1. The minimum Gasteiger partial charge on any atom is -0.460 e. The van der Waals surface area contributed by atoms with E-state index >= 15 is 0 Å². The number of hydrogen-bond acceptors (Lipinski definition) is 7. The van der Waals surface area contributed by atoms with E-state index in [1.165, 1.54) is 42.7 Å². The van der Waals surface area contributed by atoms with Gasteiger partial charge in [0.05, 0.1) is 20.3 Å². The van der Waals surface area contributed by atoms with Crippen molar-refractivity contribution in [3.05, 3.63) is 103 Å². The molecule has 0 aliphatic rings. The van der Waals surface area contributed by atoms with Gasteiger partial charge in [0.25, 0.3) is 5.69 Å². The SMILES string of the molecule is O=C(Oc1ccc2c(=O)c(Oc3ccccc3Br)coc2c1)c1cccc([N+](=O)[O-])c1. The number of non-ortho nitro benzene ring substituents is 1. The lowest BCUT2D eigenvalue weighted by molar-refractivity contribution is -0.384. The molecule has 0 unspecified atom stereocenters. The van der Waals surface area contributed by atoms with E-state index in [2.05, 4.69) is 15.9 Å². The highest BCUT2D eigenvalue weighted by molar-refractivity contribution is 9.10. The molecular formula is C22H12BrNO7. The molecule has 9 heteroatoms. The molecule has 8 nitrogen and oxygen atoms in total. The number of benzene rings is 3. The van der Waals surface area contributed by atoms with E-state index in [1.807, 2.05) is 6.07 Å². The van der Waals surface area contributed by atoms with Crippen LogP contribution in [0.15, 0.2) is 86.7 Å². The summed E-state index contributed by atoms with van der Waals surface area (Å²) >= 11 is 3.35. The van der Waals surface area contributed by atoms with Gasteiger partial charge in [-0.15, -0.1) is 0 Å². The molecule has 1 aromatic heterocycles. The smallest absolute Gasteiger partial charge is 0.343 e. The van der Waals surface area contributed by atoms with Crippen LogP contribution < -0.4 is 14.9 Å². The number of nitro benzene ring substituents is 1. The van der Waals surface area contributed by atoms with Gasteiger partial charge in [0.1, 0.15) is 23.3 Å². The van der Waals surface area contributed by atoms with Crippen LogP contribution in [-0.4, -0.2) is 10.9 Å². The standard InChI is InChI=1S/C22H12BrNO7/c23-17-6-1-2-7-18(17)31-20-12-29-19-11-15(8-9-16(19)21(20)25)30-22(26)13-4-3-5-14(10-13)24(27)28/h1-12H. The van der Waals surface area contributed by atoms with Crippen LogP contribution >= 0.6 is 15.9 Å². The molecule has 4 rings (SSSR count). The second-order valence-corrected chi connectivity index (χ2v) is 7.17. The van der Waals surface area contributed by atoms with Crippen molar-refractivity contribution < 1.29 is 23.6 Å². The van der Waals surface area contributed by atoms with Crippen molar-refractivity contribution >= 4 is 38.6 Å². The van der Waals surface area contributed by atoms with Gasteiger partial charge in [-0.05, 0) is 46.3 Å². The van der Waals surface area contributed by atoms with E-state index in [9.17, 15) is 19.7 Å². The van der Waals surface area contributed by atoms with Gasteiger partial charge in [-0.2, -0.15) is 0 Å². The maximum absolute atomic E-state index is 12.7. The van der Waals surface area contributed by atoms with Crippen molar-refractivity contribution in [2.45, 2.75) is 0 Å². The number of carbonyl (C=O) groups is 1. The number of carbonyl (C=O) groups excluding carboxylic acids is 1. The molecule has 1 heterocycles. The molecule has 0 radical (unpaired) electrons. The zero-order valence-electron chi connectivity index (χ0n) is 15.6. The Hall–Kier alpha value is -3.98. The topological polar surface area (TPSA) is 109 Å². The quantitative estimate of drug-likeness (QED) is 0.161. The number of fused-ring (bicyclic) bond motifs is 1. The first-order valence-electron chi connectivity index (χ1n) is 8.87. The van der Waals surface area contributed by atoms with Crippen LogP contribution in [0.1, 0.15) is 10.4 Å². The first kappa shape index (κ1) is 20.3. The highest BCUT2D eigenvalue weighted by Crippen LogP contribution is 2.29. The molecule has 0 saturated carbocycles. The lowest BCUT2D eigenvalue weighted by Gasteiger charge is -2.08. The first-order valence-corrected chi connectivity index (χ1v) is 9.66. The zero-order chi connectivity index (χ0) is 22.0. The van der Waals surface area contributed by atoms with Crippen LogP contribution in [0.25, 0.3) is 11.0 Å². The minimum atomic E-state index is -0.778. The highest BCUT2D eigenvalue weighted by Gasteiger charge is 2.15. The molecule has 3 aromatic carbocycles. The summed E-state index contributed by atoms with van der Waals surface area (Å²) in [5.41, 5.74) is -0.410. The van der Waals surface area contributed by atoms with E-state index < -0.39 is 16.3 Å². The molecule has 0 saturated heterocycles. The Morgan fingerprint density at radius 3 is 2.58 bits per heavy atom. The summed E-state index contributed by atoms with van der Waals surface area (Å²) in [6.45, 7) is 0. The van der Waals surface area contributed by atoms with Crippen LogP contribution in [-0.2, 0) is 0 Å². The van der Waals surface area contributed by atoms with E-state index in [1.54, 1.807) is 18.2 Å². The van der Waals surface area contributed by atoms with Crippen molar-refractivity contribution in [2.24, 2.45) is 0 Å². The van der Waals surface area contributed by atoms with Crippen molar-refractivity contribution in [1.29, 1.82) is 0 Å². The molecule has 154 valence electrons. The average Bonchev–Trinajstić information content (AvgIpc) is 2.77. The number of nitrogens with zero attached hydrogens (tertiary/aromatic N) is 1. The summed E-state index contributed by atoms with van der Waals surface area (Å²) in [6.07, 6.45) is 1.18. The van der Waals surface area contributed by atoms with Gasteiger partial charge in [0.2, 0.25) is 11.2 Å². The molecule has 0 spiro atoms. The van der Waals surface area contributed by atoms with Crippen molar-refractivity contribution in [1.82, 2.24) is 0 Å². The van der Waals surface area contributed by atoms with Crippen molar-refractivity contribution in [3.8, 4) is 17.2 Å². The molecular weight excluding hydrogens is 470 g/mol. The molecule has 31 heavy (non-hydrogen) atoms. The minimum absolute atomic E-state index is 0.000685. The van der Waals surface area contributed by atoms with Gasteiger partial charge < -0.3 is 13.9 Å². The Balaban J connectivity index is 1.59. The monoisotopic (exact) mass is 481 g/mol. The Bertz CT molecular complexity index is 1380. The highest BCUT2D eigenvalue weighted by atomic mass is 79.9. The number of hydrogen-bond donors (Lipinski definition) is 0. The third-order valence-electron chi connectivity index (χ3n) is 4.27. The van der Waals surface area contributed by atoms with Crippen molar-refractivity contribution in [3.63, 3.8) is 0 Å². The fraction of sp³-hybridized carbons (Fsp3) is 0. The van der Waals surface area contributed by atoms with Gasteiger partial charge >= 0.3 is 5.97 Å². The third-order valence-corrected chi connectivity index (χ3v) is 4.93. The van der Waals surface area contributed by atoms with Gasteiger partial charge in [-0.1, -0.05) is 18.2 Å². The first-order chi connectivity index (χ1) is 14.9. The van der Waals surface area contributed by atoms with E-state index in [4.69, 9.17) is 13.9 Å². The molecule has 0 aliphatic carbocycles. The van der Waals surface area contributed by atoms with Gasteiger partial charge in [0, 0.05) is 18.2 Å². The second kappa shape index (κ2) is 8.41. The Morgan fingerprint density at radius 1 is 1.00 bits per heavy atom. The number of para-hydroxylation sites is 1. The molecule has 0 atom stereocenters. The van der Waals surface area contributed by atoms with Crippen LogP contribution in [0.2, 0.25) is 0 Å². The van der Waals surface area contributed by atoms with Crippen LogP contribution in [0.3, 0.4) is 0 Å². The number of rotatable bonds is 5. The normalized spacial score (nSPS) is 10.6. The predicted molar refractivity (Wildman–Crippen MR) is 115 cm³/mol. The molecule has 4 aromatic rings. The Labute approximate surface area is 182 Å². The van der Waals surface area contributed by atoms with E-state index in [0.29, 0.717) is 10.2 Å². The molecule has 0 fully saturated rings. The van der Waals surface area contributed by atoms with Gasteiger partial charge in [0.15, 0.2) is 0 Å². The molecule has 0 amide bonds. The van der Waals surface area contributed by atoms with E-state index in [0.717, 1.165) is 6.07 Å². The van der Waals surface area contributed by atoms with Crippen LogP contribution in [0.4, 0.5) is 5.69 Å². The van der Waals surface area contributed by atoms with E-state index in [-0.39, 0.29) is 33.7 Å². The van der Waals surface area contributed by atoms with Crippen LogP contribution in [0.5, 0.6) is 17.2 Å². The summed E-state index contributed by atoms with van der Waals surface area (Å²) < 4.78 is 17.1. The lowest BCUT2D eigenvalue weighted by atomic mass is 10.2. The molecule has 0 bridgehead atoms. The van der Waals surface area contributed by atoms with Gasteiger partial charge in [-0.3, -0.25) is 14.9 Å². The summed E-state index contributed by atoms with van der Waals surface area (Å²) in [7, 11) is 0. The average molecular weight is 482 g/mol. The largest absolute Gasteiger partial charge is 0.460 e. The summed E-state index contributed by atoms with van der Waals surface area (Å²) in [6, 6.07) is 16.5.